The van der Waals surface area contributed by atoms with E-state index in [1.54, 1.807) is 0 Å². The molecule has 476 valence electrons. The van der Waals surface area contributed by atoms with Crippen LogP contribution in [0.25, 0.3) is 0 Å². The molecule has 0 bridgehead atoms. The molecule has 0 N–H and O–H groups in total. The molecule has 0 radical (unpaired) electrons. The second-order valence-electron chi connectivity index (χ2n) is 23.4. The Morgan fingerprint density at radius 3 is 0.807 bits per heavy atom. The molecule has 0 aliphatic rings. The van der Waals surface area contributed by atoms with Crippen molar-refractivity contribution in [2.24, 2.45) is 0 Å². The highest BCUT2D eigenvalue weighted by molar-refractivity contribution is 5.71. The summed E-state index contributed by atoms with van der Waals surface area (Å²) >= 11 is 0. The van der Waals surface area contributed by atoms with Gasteiger partial charge in [-0.2, -0.15) is 0 Å². The van der Waals surface area contributed by atoms with Crippen LogP contribution in [0.3, 0.4) is 0 Å². The normalized spacial score (nSPS) is 12.8. The topological polar surface area (TPSA) is 78.9 Å². The summed E-state index contributed by atoms with van der Waals surface area (Å²) in [6.07, 6.45) is 97.2. The lowest BCUT2D eigenvalue weighted by molar-refractivity contribution is -0.166. The fourth-order valence-corrected chi connectivity index (χ4v) is 9.97. The Bertz CT molecular complexity index is 1660. The van der Waals surface area contributed by atoms with Crippen molar-refractivity contribution in [3.05, 3.63) is 109 Å². The molecule has 1 unspecified atom stereocenters. The van der Waals surface area contributed by atoms with Crippen LogP contribution >= 0.6 is 0 Å². The minimum atomic E-state index is -0.823. The van der Waals surface area contributed by atoms with Gasteiger partial charge in [-0.3, -0.25) is 14.4 Å². The van der Waals surface area contributed by atoms with Gasteiger partial charge in [0.1, 0.15) is 13.2 Å². The molecule has 0 aromatic heterocycles. The molecule has 0 heterocycles. The van der Waals surface area contributed by atoms with Gasteiger partial charge >= 0.3 is 17.9 Å². The van der Waals surface area contributed by atoms with Crippen molar-refractivity contribution >= 4 is 17.9 Å². The minimum Gasteiger partial charge on any atom is -0.462 e. The third-order valence-electron chi connectivity index (χ3n) is 15.2. The Hall–Kier alpha value is -3.93. The molecule has 0 aliphatic carbocycles. The molecule has 0 aromatic rings. The third kappa shape index (κ3) is 68.7. The van der Waals surface area contributed by atoms with E-state index in [1.807, 2.05) is 6.08 Å². The SMILES string of the molecule is CC/C=C\C/C=C\C/C=C\C/C=C\C/C=C\C/C=C\CCC(=O)OC(COC(=O)CCCCCCC/C=C\CCCCCC)COC(=O)CCCCCCCCCCCCCCCCCCCCCCC/C=C\C/C=C\CCCCCCC. The Kier molecular flexibility index (Phi) is 67.2. The van der Waals surface area contributed by atoms with Gasteiger partial charge in [-0.1, -0.05) is 316 Å². The summed E-state index contributed by atoms with van der Waals surface area (Å²) < 4.78 is 16.9. The van der Waals surface area contributed by atoms with Crippen LogP contribution in [0.2, 0.25) is 0 Å². The van der Waals surface area contributed by atoms with Crippen molar-refractivity contribution in [1.82, 2.24) is 0 Å². The van der Waals surface area contributed by atoms with E-state index in [1.165, 1.54) is 199 Å². The van der Waals surface area contributed by atoms with Gasteiger partial charge in [0.05, 0.1) is 0 Å². The van der Waals surface area contributed by atoms with Crippen molar-refractivity contribution in [3.63, 3.8) is 0 Å². The van der Waals surface area contributed by atoms with Gasteiger partial charge in [0.25, 0.3) is 0 Å². The van der Waals surface area contributed by atoms with E-state index in [9.17, 15) is 14.4 Å². The zero-order valence-electron chi connectivity index (χ0n) is 54.7. The number of carbonyl (C=O) groups excluding carboxylic acids is 3. The summed E-state index contributed by atoms with van der Waals surface area (Å²) in [5, 5.41) is 0. The van der Waals surface area contributed by atoms with Gasteiger partial charge in [-0.25, -0.2) is 0 Å². The molecular weight excluding hydrogens is 1020 g/mol. The van der Waals surface area contributed by atoms with E-state index in [0.29, 0.717) is 19.3 Å². The number of carbonyl (C=O) groups is 3. The zero-order valence-corrected chi connectivity index (χ0v) is 54.7. The Morgan fingerprint density at radius 1 is 0.253 bits per heavy atom. The van der Waals surface area contributed by atoms with E-state index < -0.39 is 12.1 Å². The fourth-order valence-electron chi connectivity index (χ4n) is 9.97. The van der Waals surface area contributed by atoms with Crippen LogP contribution in [-0.2, 0) is 28.6 Å². The van der Waals surface area contributed by atoms with Crippen molar-refractivity contribution < 1.29 is 28.6 Å². The summed E-state index contributed by atoms with van der Waals surface area (Å²) in [4.78, 5) is 38.3. The van der Waals surface area contributed by atoms with E-state index in [4.69, 9.17) is 14.2 Å². The molecule has 0 fully saturated rings. The number of hydrogen-bond acceptors (Lipinski definition) is 6. The average Bonchev–Trinajstić information content (AvgIpc) is 3.49. The van der Waals surface area contributed by atoms with E-state index in [2.05, 4.69) is 124 Å². The third-order valence-corrected chi connectivity index (χ3v) is 15.2. The van der Waals surface area contributed by atoms with Gasteiger partial charge in [0.2, 0.25) is 0 Å². The largest absolute Gasteiger partial charge is 0.462 e. The fraction of sp³-hybridized carbons (Fsp3) is 0.727. The lowest BCUT2D eigenvalue weighted by atomic mass is 10.0. The van der Waals surface area contributed by atoms with Crippen LogP contribution in [0.1, 0.15) is 342 Å². The van der Waals surface area contributed by atoms with Gasteiger partial charge in [0, 0.05) is 19.3 Å². The van der Waals surface area contributed by atoms with Crippen molar-refractivity contribution in [3.8, 4) is 0 Å². The molecule has 0 rings (SSSR count). The molecule has 1 atom stereocenters. The van der Waals surface area contributed by atoms with Crippen LogP contribution in [0.4, 0.5) is 0 Å². The molecule has 0 aliphatic heterocycles. The standard InChI is InChI=1S/C77H132O6/c1-4-7-10-13-16-19-22-25-27-29-31-32-33-34-35-36-37-38-39-40-41-42-43-44-46-47-49-52-55-58-61-64-67-70-76(79)82-73-74(72-81-75(78)69-66-63-60-57-54-51-24-21-18-15-12-9-6-3)83-77(80)71-68-65-62-59-56-53-50-48-45-30-28-26-23-20-17-14-11-8-5-2/h8,11,17,20-22,24-26,28-29,31,45,48,53,56,62,65,74H,4-7,9-10,12-16,18-19,23,27,30,32-44,46-47,49-52,54-55,57-61,63-64,66-73H2,1-3H3/b11-8-,20-17-,24-21-,25-22-,28-26-,31-29-,48-45-,56-53-,65-62-. The van der Waals surface area contributed by atoms with Crippen LogP contribution in [0.5, 0.6) is 0 Å². The monoisotopic (exact) mass is 1150 g/mol. The summed E-state index contributed by atoms with van der Waals surface area (Å²) in [6, 6.07) is 0. The molecule has 6 heteroatoms. The van der Waals surface area contributed by atoms with Crippen LogP contribution in [0, 0.1) is 0 Å². The first kappa shape index (κ1) is 79.1. The van der Waals surface area contributed by atoms with Crippen molar-refractivity contribution in [2.75, 3.05) is 13.2 Å². The highest BCUT2D eigenvalue weighted by atomic mass is 16.6. The van der Waals surface area contributed by atoms with Crippen LogP contribution < -0.4 is 0 Å². The molecule has 83 heavy (non-hydrogen) atoms. The minimum absolute atomic E-state index is 0.109. The highest BCUT2D eigenvalue weighted by Crippen LogP contribution is 2.17. The zero-order chi connectivity index (χ0) is 59.9. The Morgan fingerprint density at radius 2 is 0.494 bits per heavy atom. The summed E-state index contributed by atoms with van der Waals surface area (Å²) in [5.41, 5.74) is 0. The van der Waals surface area contributed by atoms with Gasteiger partial charge in [-0.15, -0.1) is 0 Å². The van der Waals surface area contributed by atoms with Crippen LogP contribution in [0.15, 0.2) is 109 Å². The lowest BCUT2D eigenvalue weighted by Gasteiger charge is -2.18. The molecule has 6 nitrogen and oxygen atoms in total. The van der Waals surface area contributed by atoms with Crippen molar-refractivity contribution in [2.45, 2.75) is 348 Å². The highest BCUT2D eigenvalue weighted by Gasteiger charge is 2.19. The average molecular weight is 1150 g/mol. The molecule has 0 saturated heterocycles. The lowest BCUT2D eigenvalue weighted by Crippen LogP contribution is -2.30. The molecule has 0 amide bonds. The molecule has 0 aromatic carbocycles. The first-order valence-corrected chi connectivity index (χ1v) is 35.4. The number of hydrogen-bond donors (Lipinski definition) is 0. The maximum atomic E-state index is 12.9. The smallest absolute Gasteiger partial charge is 0.306 e. The van der Waals surface area contributed by atoms with E-state index in [0.717, 1.165) is 96.3 Å². The van der Waals surface area contributed by atoms with Gasteiger partial charge in [0.15, 0.2) is 6.10 Å². The van der Waals surface area contributed by atoms with Crippen molar-refractivity contribution in [1.29, 1.82) is 0 Å². The quantitative estimate of drug-likeness (QED) is 0.0261. The molecule has 0 saturated carbocycles. The Labute approximate surface area is 514 Å². The number of allylic oxidation sites excluding steroid dienone is 18. The first-order valence-electron chi connectivity index (χ1n) is 35.4. The molecular formula is C77H132O6. The summed E-state index contributed by atoms with van der Waals surface area (Å²) in [6.45, 7) is 6.46. The summed E-state index contributed by atoms with van der Waals surface area (Å²) in [5.74, 6) is -0.992. The number of esters is 3. The second kappa shape index (κ2) is 70.6. The predicted molar refractivity (Wildman–Crippen MR) is 362 cm³/mol. The van der Waals surface area contributed by atoms with E-state index in [-0.39, 0.29) is 31.6 Å². The predicted octanol–water partition coefficient (Wildman–Crippen LogP) is 24.6. The molecule has 0 spiro atoms. The summed E-state index contributed by atoms with van der Waals surface area (Å²) in [7, 11) is 0. The van der Waals surface area contributed by atoms with Gasteiger partial charge in [-0.05, 0) is 116 Å². The number of unbranched alkanes of at least 4 members (excludes halogenated alkanes) is 35. The number of rotatable bonds is 64. The maximum absolute atomic E-state index is 12.9. The maximum Gasteiger partial charge on any atom is 0.306 e. The van der Waals surface area contributed by atoms with Gasteiger partial charge < -0.3 is 14.2 Å². The number of ether oxygens (including phenoxy) is 3. The van der Waals surface area contributed by atoms with E-state index >= 15 is 0 Å². The van der Waals surface area contributed by atoms with Crippen LogP contribution in [-0.4, -0.2) is 37.2 Å². The first-order chi connectivity index (χ1) is 41.0. The Balaban J connectivity index is 4.24. The second-order valence-corrected chi connectivity index (χ2v) is 23.4.